The molecular weight excluding hydrogens is 450 g/mol. The number of nitrogens with zero attached hydrogens (tertiary/aromatic N) is 3. The number of aromatic nitrogens is 4. The van der Waals surface area contributed by atoms with E-state index in [-0.39, 0.29) is 6.61 Å². The first-order valence-electron chi connectivity index (χ1n) is 10.2. The van der Waals surface area contributed by atoms with E-state index in [2.05, 4.69) is 35.9 Å². The van der Waals surface area contributed by atoms with Crippen LogP contribution in [0.4, 0.5) is 21.1 Å². The summed E-state index contributed by atoms with van der Waals surface area (Å²) < 4.78 is 10.8. The van der Waals surface area contributed by atoms with Crippen molar-refractivity contribution < 1.29 is 19.1 Å². The van der Waals surface area contributed by atoms with E-state index in [9.17, 15) is 9.59 Å². The number of urea groups is 1. The number of nitrogens with one attached hydrogen (secondary N) is 4. The zero-order valence-electron chi connectivity index (χ0n) is 17.9. The second-order valence-corrected chi connectivity index (χ2v) is 7.29. The first-order valence-corrected chi connectivity index (χ1v) is 10.5. The van der Waals surface area contributed by atoms with Gasteiger partial charge in [0.25, 0.3) is 0 Å². The number of alkyl carbamates (subject to hydrolysis) is 1. The van der Waals surface area contributed by atoms with E-state index < -0.39 is 12.1 Å². The zero-order chi connectivity index (χ0) is 23.5. The fraction of sp³-hybridized carbons (Fsp3) is 0.286. The predicted molar refractivity (Wildman–Crippen MR) is 123 cm³/mol. The lowest BCUT2D eigenvalue weighted by Gasteiger charge is -2.13. The summed E-state index contributed by atoms with van der Waals surface area (Å²) in [5.74, 6) is 0.747. The van der Waals surface area contributed by atoms with Crippen molar-refractivity contribution in [2.45, 2.75) is 19.8 Å². The number of carbonyl (C=O) groups excluding carboxylic acids is 2. The monoisotopic (exact) mass is 473 g/mol. The Kier molecular flexibility index (Phi) is 8.83. The van der Waals surface area contributed by atoms with Gasteiger partial charge >= 0.3 is 12.1 Å². The molecule has 0 aliphatic carbocycles. The Balaban J connectivity index is 1.39. The molecule has 11 nitrogen and oxygen atoms in total. The van der Waals surface area contributed by atoms with Gasteiger partial charge in [-0.15, -0.1) is 0 Å². The molecule has 2 heterocycles. The Bertz CT molecular complexity index is 1050. The third-order valence-electron chi connectivity index (χ3n) is 4.22. The standard InChI is InChI=1S/C21H24ClN7O4/c1-14-10-26-19(12-25-14)29-20(30)28-17-9-15(22)3-4-18(17)32-7-2-6-24-21(31)33-8-5-16-11-23-13-27-16/h3-4,9-13H,2,5-8H2,1H3,(H,23,27)(H,24,31)(H2,26,28,29,30). The largest absolute Gasteiger partial charge is 0.491 e. The van der Waals surface area contributed by atoms with Crippen LogP contribution < -0.4 is 20.7 Å². The summed E-state index contributed by atoms with van der Waals surface area (Å²) in [7, 11) is 0. The molecule has 0 atom stereocenters. The molecule has 0 saturated heterocycles. The van der Waals surface area contributed by atoms with E-state index >= 15 is 0 Å². The SMILES string of the molecule is Cc1cnc(NC(=O)Nc2cc(Cl)ccc2OCCCNC(=O)OCCc2cnc[nH]2)cn1. The van der Waals surface area contributed by atoms with E-state index in [1.807, 2.05) is 0 Å². The van der Waals surface area contributed by atoms with Crippen LogP contribution in [0, 0.1) is 6.92 Å². The Labute approximate surface area is 195 Å². The van der Waals surface area contributed by atoms with Crippen LogP contribution in [0.15, 0.2) is 43.1 Å². The number of H-pyrrole nitrogens is 1. The Morgan fingerprint density at radius 3 is 2.76 bits per heavy atom. The zero-order valence-corrected chi connectivity index (χ0v) is 18.7. The van der Waals surface area contributed by atoms with Gasteiger partial charge < -0.3 is 25.1 Å². The highest BCUT2D eigenvalue weighted by Crippen LogP contribution is 2.28. The fourth-order valence-electron chi connectivity index (χ4n) is 2.62. The summed E-state index contributed by atoms with van der Waals surface area (Å²) in [5.41, 5.74) is 2.03. The molecule has 0 aliphatic rings. The van der Waals surface area contributed by atoms with Crippen molar-refractivity contribution in [3.8, 4) is 5.75 Å². The molecule has 0 bridgehead atoms. The molecule has 1 aromatic carbocycles. The number of hydrogen-bond acceptors (Lipinski definition) is 7. The highest BCUT2D eigenvalue weighted by Gasteiger charge is 2.10. The lowest BCUT2D eigenvalue weighted by Crippen LogP contribution is -2.27. The van der Waals surface area contributed by atoms with Gasteiger partial charge in [-0.3, -0.25) is 10.3 Å². The number of aromatic amines is 1. The van der Waals surface area contributed by atoms with E-state index in [0.717, 1.165) is 11.4 Å². The van der Waals surface area contributed by atoms with Gasteiger partial charge in [0.2, 0.25) is 0 Å². The molecule has 4 N–H and O–H groups in total. The average Bonchev–Trinajstić information content (AvgIpc) is 3.30. The maximum atomic E-state index is 12.3. The van der Waals surface area contributed by atoms with Crippen LogP contribution in [-0.2, 0) is 11.2 Å². The molecular formula is C21H24ClN7O4. The van der Waals surface area contributed by atoms with Gasteiger partial charge in [-0.05, 0) is 31.5 Å². The minimum Gasteiger partial charge on any atom is -0.491 e. The smallest absolute Gasteiger partial charge is 0.407 e. The maximum Gasteiger partial charge on any atom is 0.407 e. The van der Waals surface area contributed by atoms with Crippen LogP contribution in [0.1, 0.15) is 17.8 Å². The Morgan fingerprint density at radius 2 is 2.00 bits per heavy atom. The van der Waals surface area contributed by atoms with Gasteiger partial charge in [-0.2, -0.15) is 0 Å². The van der Waals surface area contributed by atoms with E-state index in [4.69, 9.17) is 21.1 Å². The summed E-state index contributed by atoms with van der Waals surface area (Å²) in [6, 6.07) is 4.37. The number of ether oxygens (including phenoxy) is 2. The minimum atomic E-state index is -0.514. The van der Waals surface area contributed by atoms with Crippen molar-refractivity contribution in [2.24, 2.45) is 0 Å². The highest BCUT2D eigenvalue weighted by molar-refractivity contribution is 6.31. The number of halogens is 1. The lowest BCUT2D eigenvalue weighted by atomic mass is 10.3. The number of imidazole rings is 1. The highest BCUT2D eigenvalue weighted by atomic mass is 35.5. The molecule has 3 rings (SSSR count). The average molecular weight is 474 g/mol. The molecule has 3 aromatic rings. The number of amides is 3. The summed E-state index contributed by atoms with van der Waals surface area (Å²) in [5, 5.41) is 8.37. The first-order chi connectivity index (χ1) is 16.0. The van der Waals surface area contributed by atoms with Crippen LogP contribution in [0.3, 0.4) is 0 Å². The summed E-state index contributed by atoms with van der Waals surface area (Å²) in [4.78, 5) is 39.0. The number of benzene rings is 1. The summed E-state index contributed by atoms with van der Waals surface area (Å²) >= 11 is 6.05. The van der Waals surface area contributed by atoms with Gasteiger partial charge in [0.1, 0.15) is 5.75 Å². The second-order valence-electron chi connectivity index (χ2n) is 6.85. The van der Waals surface area contributed by atoms with Crippen LogP contribution >= 0.6 is 11.6 Å². The number of anilines is 2. The number of aryl methyl sites for hydroxylation is 1. The molecule has 0 saturated carbocycles. The van der Waals surface area contributed by atoms with E-state index in [1.54, 1.807) is 43.8 Å². The molecule has 2 aromatic heterocycles. The van der Waals surface area contributed by atoms with E-state index in [0.29, 0.717) is 48.3 Å². The molecule has 0 spiro atoms. The lowest BCUT2D eigenvalue weighted by molar-refractivity contribution is 0.146. The molecule has 0 fully saturated rings. The van der Waals surface area contributed by atoms with Gasteiger partial charge in [0.15, 0.2) is 5.82 Å². The van der Waals surface area contributed by atoms with Crippen LogP contribution in [0.25, 0.3) is 0 Å². The quantitative estimate of drug-likeness (QED) is 0.330. The maximum absolute atomic E-state index is 12.3. The first kappa shape index (κ1) is 23.8. The van der Waals surface area contributed by atoms with Crippen molar-refractivity contribution in [2.75, 3.05) is 30.4 Å². The Morgan fingerprint density at radius 1 is 1.12 bits per heavy atom. The second kappa shape index (κ2) is 12.2. The van der Waals surface area contributed by atoms with Gasteiger partial charge in [0, 0.05) is 29.9 Å². The van der Waals surface area contributed by atoms with Gasteiger partial charge in [-0.1, -0.05) is 11.6 Å². The predicted octanol–water partition coefficient (Wildman–Crippen LogP) is 3.54. The molecule has 33 heavy (non-hydrogen) atoms. The van der Waals surface area contributed by atoms with Crippen molar-refractivity contribution in [1.29, 1.82) is 0 Å². The van der Waals surface area contributed by atoms with E-state index in [1.165, 1.54) is 6.20 Å². The van der Waals surface area contributed by atoms with Crippen molar-refractivity contribution in [1.82, 2.24) is 25.3 Å². The molecule has 0 radical (unpaired) electrons. The number of hydrogen-bond donors (Lipinski definition) is 4. The van der Waals surface area contributed by atoms with Crippen molar-refractivity contribution in [3.63, 3.8) is 0 Å². The van der Waals surface area contributed by atoms with Crippen LogP contribution in [0.5, 0.6) is 5.75 Å². The Hall–Kier alpha value is -3.86. The molecule has 174 valence electrons. The topological polar surface area (TPSA) is 143 Å². The number of rotatable bonds is 10. The van der Waals surface area contributed by atoms with Crippen LogP contribution in [-0.4, -0.2) is 51.8 Å². The summed E-state index contributed by atoms with van der Waals surface area (Å²) in [6.07, 6.45) is 6.85. The van der Waals surface area contributed by atoms with Crippen molar-refractivity contribution in [3.05, 3.63) is 59.5 Å². The fourth-order valence-corrected chi connectivity index (χ4v) is 2.80. The van der Waals surface area contributed by atoms with Crippen LogP contribution in [0.2, 0.25) is 5.02 Å². The molecule has 0 unspecified atom stereocenters. The third kappa shape index (κ3) is 8.30. The van der Waals surface area contributed by atoms with Gasteiger partial charge in [-0.25, -0.2) is 19.6 Å². The number of carbonyl (C=O) groups is 2. The van der Waals surface area contributed by atoms with Crippen molar-refractivity contribution >= 4 is 35.2 Å². The minimum absolute atomic E-state index is 0.251. The molecule has 3 amide bonds. The molecule has 12 heteroatoms. The normalized spacial score (nSPS) is 10.4. The molecule has 0 aliphatic heterocycles. The van der Waals surface area contributed by atoms with Gasteiger partial charge in [0.05, 0.1) is 43.3 Å². The summed E-state index contributed by atoms with van der Waals surface area (Å²) in [6.45, 7) is 2.72. The third-order valence-corrected chi connectivity index (χ3v) is 4.45.